The maximum absolute atomic E-state index is 14.3. The number of hydrogen-bond donors (Lipinski definition) is 0. The maximum Gasteiger partial charge on any atom is 0.229 e. The van der Waals surface area contributed by atoms with E-state index in [-0.39, 0.29) is 24.2 Å². The van der Waals surface area contributed by atoms with Crippen LogP contribution in [-0.2, 0) is 16.0 Å². The Bertz CT molecular complexity index is 984. The molecule has 3 aromatic rings. The Labute approximate surface area is 161 Å². The number of para-hydroxylation sites is 1. The van der Waals surface area contributed by atoms with Crippen molar-refractivity contribution in [1.29, 1.82) is 0 Å². The molecule has 7 nitrogen and oxygen atoms in total. The Morgan fingerprint density at radius 2 is 2.11 bits per heavy atom. The first kappa shape index (κ1) is 18.4. The predicted molar refractivity (Wildman–Crippen MR) is 98.5 cm³/mol. The number of carbonyl (C=O) groups is 1. The van der Waals surface area contributed by atoms with Crippen molar-refractivity contribution in [2.75, 3.05) is 19.8 Å². The molecule has 0 radical (unpaired) electrons. The number of halogens is 1. The highest BCUT2D eigenvalue weighted by Crippen LogP contribution is 2.31. The van der Waals surface area contributed by atoms with Crippen LogP contribution in [0.25, 0.3) is 5.69 Å². The van der Waals surface area contributed by atoms with Crippen LogP contribution in [0, 0.1) is 19.7 Å². The molecular formula is C20H21FN4O3. The van der Waals surface area contributed by atoms with Crippen molar-refractivity contribution in [3.05, 3.63) is 65.1 Å². The molecule has 1 atom stereocenters. The number of carbonyl (C=O) groups excluding carboxylic acids is 1. The first-order valence-corrected chi connectivity index (χ1v) is 9.13. The molecule has 2 aromatic heterocycles. The Morgan fingerprint density at radius 1 is 1.29 bits per heavy atom. The fourth-order valence-electron chi connectivity index (χ4n) is 3.72. The van der Waals surface area contributed by atoms with Crippen LogP contribution in [0.15, 0.2) is 41.1 Å². The zero-order valence-corrected chi connectivity index (χ0v) is 15.8. The molecule has 1 saturated heterocycles. The van der Waals surface area contributed by atoms with Crippen LogP contribution in [0.2, 0.25) is 0 Å². The van der Waals surface area contributed by atoms with Crippen LogP contribution in [-0.4, -0.2) is 45.5 Å². The summed E-state index contributed by atoms with van der Waals surface area (Å²) in [5.74, 6) is -0.404. The predicted octanol–water partition coefficient (Wildman–Crippen LogP) is 2.76. The van der Waals surface area contributed by atoms with E-state index < -0.39 is 0 Å². The summed E-state index contributed by atoms with van der Waals surface area (Å²) in [5.41, 5.74) is 3.39. The van der Waals surface area contributed by atoms with Crippen LogP contribution in [0.4, 0.5) is 4.39 Å². The number of aryl methyl sites for hydroxylation is 1. The molecule has 0 aliphatic carbocycles. The van der Waals surface area contributed by atoms with Crippen molar-refractivity contribution in [3.8, 4) is 5.69 Å². The van der Waals surface area contributed by atoms with Crippen LogP contribution >= 0.6 is 0 Å². The molecule has 146 valence electrons. The average molecular weight is 384 g/mol. The molecule has 4 rings (SSSR count). The number of ether oxygens (including phenoxy) is 1. The number of morpholine rings is 1. The number of nitrogens with zero attached hydrogens (tertiary/aromatic N) is 4. The SMILES string of the molecule is Cc1nn(-c2ccccc2F)c(C)c1[C@@H]1COCCN1C(=O)Cc1ccon1. The molecule has 0 N–H and O–H groups in total. The van der Waals surface area contributed by atoms with Gasteiger partial charge in [-0.3, -0.25) is 4.79 Å². The number of rotatable bonds is 4. The first-order chi connectivity index (χ1) is 13.6. The van der Waals surface area contributed by atoms with Gasteiger partial charge in [-0.05, 0) is 26.0 Å². The zero-order chi connectivity index (χ0) is 19.7. The highest BCUT2D eigenvalue weighted by Gasteiger charge is 2.33. The van der Waals surface area contributed by atoms with E-state index in [0.29, 0.717) is 31.1 Å². The summed E-state index contributed by atoms with van der Waals surface area (Å²) in [6, 6.07) is 7.90. The fraction of sp³-hybridized carbons (Fsp3) is 0.350. The standard InChI is InChI=1S/C20H21FN4O3/c1-13-20(14(2)25(22-13)17-6-4-3-5-16(17)21)18-12-27-10-8-24(18)19(26)11-15-7-9-28-23-15/h3-7,9,18H,8,10-12H2,1-2H3/t18-/m0/s1. The third kappa shape index (κ3) is 3.31. The van der Waals surface area contributed by atoms with Gasteiger partial charge in [0.2, 0.25) is 5.91 Å². The van der Waals surface area contributed by atoms with E-state index in [1.54, 1.807) is 33.8 Å². The van der Waals surface area contributed by atoms with Gasteiger partial charge < -0.3 is 14.2 Å². The Morgan fingerprint density at radius 3 is 2.86 bits per heavy atom. The van der Waals surface area contributed by atoms with Crippen molar-refractivity contribution in [3.63, 3.8) is 0 Å². The molecule has 0 bridgehead atoms. The second-order valence-corrected chi connectivity index (χ2v) is 6.79. The van der Waals surface area contributed by atoms with E-state index in [9.17, 15) is 9.18 Å². The number of amides is 1. The molecule has 3 heterocycles. The molecule has 1 aliphatic heterocycles. The van der Waals surface area contributed by atoms with Crippen molar-refractivity contribution >= 4 is 5.91 Å². The van der Waals surface area contributed by atoms with E-state index >= 15 is 0 Å². The molecule has 1 fully saturated rings. The van der Waals surface area contributed by atoms with Crippen molar-refractivity contribution in [2.24, 2.45) is 0 Å². The Balaban J connectivity index is 1.68. The number of aromatic nitrogens is 3. The zero-order valence-electron chi connectivity index (χ0n) is 15.8. The molecule has 1 aromatic carbocycles. The maximum atomic E-state index is 14.3. The second-order valence-electron chi connectivity index (χ2n) is 6.79. The highest BCUT2D eigenvalue weighted by molar-refractivity contribution is 5.79. The lowest BCUT2D eigenvalue weighted by atomic mass is 10.0. The lowest BCUT2D eigenvalue weighted by molar-refractivity contribution is -0.139. The fourth-order valence-corrected chi connectivity index (χ4v) is 3.72. The summed E-state index contributed by atoms with van der Waals surface area (Å²) in [4.78, 5) is 14.7. The molecule has 0 unspecified atom stereocenters. The summed E-state index contributed by atoms with van der Waals surface area (Å²) < 4.78 is 26.4. The average Bonchev–Trinajstić information content (AvgIpc) is 3.30. The summed E-state index contributed by atoms with van der Waals surface area (Å²) in [6.45, 7) is 5.08. The number of benzene rings is 1. The van der Waals surface area contributed by atoms with Gasteiger partial charge in [-0.25, -0.2) is 9.07 Å². The lowest BCUT2D eigenvalue weighted by Crippen LogP contribution is -2.44. The first-order valence-electron chi connectivity index (χ1n) is 9.13. The minimum absolute atomic E-state index is 0.0559. The topological polar surface area (TPSA) is 73.4 Å². The normalized spacial score (nSPS) is 17.1. The minimum Gasteiger partial charge on any atom is -0.377 e. The molecule has 8 heteroatoms. The monoisotopic (exact) mass is 384 g/mol. The van der Waals surface area contributed by atoms with Crippen LogP contribution < -0.4 is 0 Å². The Hall–Kier alpha value is -3.00. The minimum atomic E-state index is -0.349. The number of hydrogen-bond acceptors (Lipinski definition) is 5. The second kappa shape index (κ2) is 7.55. The van der Waals surface area contributed by atoms with Gasteiger partial charge in [-0.2, -0.15) is 5.10 Å². The summed E-state index contributed by atoms with van der Waals surface area (Å²) in [5, 5.41) is 8.37. The largest absolute Gasteiger partial charge is 0.377 e. The van der Waals surface area contributed by atoms with E-state index in [2.05, 4.69) is 10.3 Å². The highest BCUT2D eigenvalue weighted by atomic mass is 19.1. The van der Waals surface area contributed by atoms with Crippen molar-refractivity contribution < 1.29 is 18.4 Å². The van der Waals surface area contributed by atoms with Gasteiger partial charge in [0.05, 0.1) is 37.1 Å². The quantitative estimate of drug-likeness (QED) is 0.692. The smallest absolute Gasteiger partial charge is 0.229 e. The van der Waals surface area contributed by atoms with Gasteiger partial charge in [-0.15, -0.1) is 0 Å². The summed E-state index contributed by atoms with van der Waals surface area (Å²) in [6.07, 6.45) is 1.61. The molecule has 28 heavy (non-hydrogen) atoms. The van der Waals surface area contributed by atoms with Gasteiger partial charge >= 0.3 is 0 Å². The lowest BCUT2D eigenvalue weighted by Gasteiger charge is -2.36. The third-order valence-electron chi connectivity index (χ3n) is 5.03. The van der Waals surface area contributed by atoms with Gasteiger partial charge in [0.15, 0.2) is 0 Å². The van der Waals surface area contributed by atoms with E-state index in [1.165, 1.54) is 12.3 Å². The summed E-state index contributed by atoms with van der Waals surface area (Å²) >= 11 is 0. The van der Waals surface area contributed by atoms with Gasteiger partial charge in [0, 0.05) is 23.9 Å². The van der Waals surface area contributed by atoms with Crippen molar-refractivity contribution in [1.82, 2.24) is 19.8 Å². The molecule has 0 spiro atoms. The van der Waals surface area contributed by atoms with Gasteiger partial charge in [-0.1, -0.05) is 17.3 Å². The van der Waals surface area contributed by atoms with E-state index in [1.807, 2.05) is 13.8 Å². The van der Waals surface area contributed by atoms with Crippen LogP contribution in [0.3, 0.4) is 0 Å². The van der Waals surface area contributed by atoms with Crippen LogP contribution in [0.5, 0.6) is 0 Å². The van der Waals surface area contributed by atoms with E-state index in [0.717, 1.165) is 17.0 Å². The molecule has 1 amide bonds. The van der Waals surface area contributed by atoms with Crippen LogP contribution in [0.1, 0.15) is 28.7 Å². The van der Waals surface area contributed by atoms with Crippen molar-refractivity contribution in [2.45, 2.75) is 26.3 Å². The summed E-state index contributed by atoms with van der Waals surface area (Å²) in [7, 11) is 0. The third-order valence-corrected chi connectivity index (χ3v) is 5.03. The molecule has 0 saturated carbocycles. The van der Waals surface area contributed by atoms with Gasteiger partial charge in [0.1, 0.15) is 17.8 Å². The molecule has 1 aliphatic rings. The Kier molecular flexibility index (Phi) is 4.95. The van der Waals surface area contributed by atoms with E-state index in [4.69, 9.17) is 9.26 Å². The van der Waals surface area contributed by atoms with Gasteiger partial charge in [0.25, 0.3) is 0 Å². The molecular weight excluding hydrogens is 363 g/mol.